The van der Waals surface area contributed by atoms with E-state index in [-0.39, 0.29) is 5.92 Å². The lowest BCUT2D eigenvalue weighted by atomic mass is 9.70. The van der Waals surface area contributed by atoms with Gasteiger partial charge in [-0.1, -0.05) is 65.4 Å². The van der Waals surface area contributed by atoms with E-state index in [2.05, 4.69) is 32.2 Å². The average Bonchev–Trinajstić information content (AvgIpc) is 2.74. The molecular weight excluding hydrogens is 360 g/mol. The molecule has 0 saturated carbocycles. The number of unbranched alkanes of at least 4 members (excludes halogenated alkanes) is 6. The number of benzene rings is 1. The molecule has 0 amide bonds. The van der Waals surface area contributed by atoms with Crippen LogP contribution in [-0.4, -0.2) is 27.3 Å². The first-order valence-electron chi connectivity index (χ1n) is 11.4. The van der Waals surface area contributed by atoms with E-state index in [1.165, 1.54) is 44.9 Å². The number of methoxy groups -OCH3 is 2. The van der Waals surface area contributed by atoms with Gasteiger partial charge in [0.15, 0.2) is 11.5 Å². The van der Waals surface area contributed by atoms with Crippen LogP contribution in [0.4, 0.5) is 0 Å². The number of nitrogens with zero attached hydrogens (tertiary/aromatic N) is 1. The molecule has 0 spiro atoms. The zero-order valence-electron chi connectivity index (χ0n) is 19.4. The molecule has 1 atom stereocenters. The lowest BCUT2D eigenvalue weighted by Gasteiger charge is -2.32. The fraction of sp³-hybridized carbons (Fsp3) is 0.720. The van der Waals surface area contributed by atoms with E-state index in [1.807, 2.05) is 18.2 Å². The highest BCUT2D eigenvalue weighted by molar-refractivity contribution is 5.47. The van der Waals surface area contributed by atoms with Crippen molar-refractivity contribution < 1.29 is 9.47 Å². The predicted octanol–water partition coefficient (Wildman–Crippen LogP) is 6.24. The Morgan fingerprint density at radius 3 is 2.14 bits per heavy atom. The minimum absolute atomic E-state index is 0.216. The number of hydrogen-bond donors (Lipinski definition) is 1. The summed E-state index contributed by atoms with van der Waals surface area (Å²) >= 11 is 0. The summed E-state index contributed by atoms with van der Waals surface area (Å²) in [5, 5.41) is 13.7. The molecule has 4 nitrogen and oxygen atoms in total. The molecule has 1 unspecified atom stereocenters. The minimum Gasteiger partial charge on any atom is -0.493 e. The summed E-state index contributed by atoms with van der Waals surface area (Å²) in [5.74, 6) is 1.60. The molecule has 0 heterocycles. The maximum absolute atomic E-state index is 10.1. The largest absolute Gasteiger partial charge is 0.493 e. The van der Waals surface area contributed by atoms with Crippen molar-refractivity contribution >= 4 is 0 Å². The van der Waals surface area contributed by atoms with Crippen molar-refractivity contribution in [3.8, 4) is 17.6 Å². The molecule has 0 radical (unpaired) electrons. The number of rotatable bonds is 16. The van der Waals surface area contributed by atoms with Crippen molar-refractivity contribution in [2.75, 3.05) is 27.3 Å². The van der Waals surface area contributed by atoms with E-state index >= 15 is 0 Å². The average molecular weight is 403 g/mol. The Bertz CT molecular complexity index is 609. The zero-order chi connectivity index (χ0) is 21.5. The molecule has 164 valence electrons. The van der Waals surface area contributed by atoms with Crippen LogP contribution in [0.1, 0.15) is 84.1 Å². The van der Waals surface area contributed by atoms with E-state index in [4.69, 9.17) is 9.47 Å². The molecule has 0 aliphatic rings. The summed E-state index contributed by atoms with van der Waals surface area (Å²) in [6, 6.07) is 8.51. The Balaban J connectivity index is 2.52. The quantitative estimate of drug-likeness (QED) is 0.332. The van der Waals surface area contributed by atoms with Crippen molar-refractivity contribution in [1.82, 2.24) is 5.32 Å². The fourth-order valence-electron chi connectivity index (χ4n) is 3.95. The first kappa shape index (κ1) is 25.3. The first-order valence-corrected chi connectivity index (χ1v) is 11.4. The van der Waals surface area contributed by atoms with Crippen molar-refractivity contribution in [2.45, 2.75) is 84.0 Å². The molecule has 1 aromatic rings. The van der Waals surface area contributed by atoms with Crippen LogP contribution in [0, 0.1) is 17.2 Å². The zero-order valence-corrected chi connectivity index (χ0v) is 19.4. The molecule has 4 heteroatoms. The Hall–Kier alpha value is -1.73. The number of ether oxygens (including phenoxy) is 2. The van der Waals surface area contributed by atoms with Crippen LogP contribution < -0.4 is 14.8 Å². The molecule has 0 aliphatic carbocycles. The summed E-state index contributed by atoms with van der Waals surface area (Å²) in [4.78, 5) is 0. The molecule has 0 aromatic heterocycles. The smallest absolute Gasteiger partial charge is 0.161 e. The number of hydrogen-bond acceptors (Lipinski definition) is 4. The van der Waals surface area contributed by atoms with Crippen LogP contribution in [0.3, 0.4) is 0 Å². The molecule has 0 aliphatic heterocycles. The van der Waals surface area contributed by atoms with Gasteiger partial charge in [-0.3, -0.25) is 0 Å². The Morgan fingerprint density at radius 1 is 0.931 bits per heavy atom. The van der Waals surface area contributed by atoms with E-state index in [1.54, 1.807) is 14.2 Å². The monoisotopic (exact) mass is 402 g/mol. The van der Waals surface area contributed by atoms with Crippen molar-refractivity contribution in [1.29, 1.82) is 5.26 Å². The Labute approximate surface area is 179 Å². The van der Waals surface area contributed by atoms with Gasteiger partial charge in [0.2, 0.25) is 0 Å². The van der Waals surface area contributed by atoms with Gasteiger partial charge in [-0.15, -0.1) is 0 Å². The van der Waals surface area contributed by atoms with Crippen molar-refractivity contribution in [3.05, 3.63) is 23.8 Å². The minimum atomic E-state index is -0.513. The topological polar surface area (TPSA) is 54.3 Å². The molecule has 1 N–H and O–H groups in total. The first-order chi connectivity index (χ1) is 14.1. The molecule has 1 aromatic carbocycles. The van der Waals surface area contributed by atoms with Crippen LogP contribution in [0.25, 0.3) is 0 Å². The summed E-state index contributed by atoms with van der Waals surface area (Å²) in [7, 11) is 3.27. The van der Waals surface area contributed by atoms with Crippen molar-refractivity contribution in [2.24, 2.45) is 5.92 Å². The molecular formula is C25H42N2O2. The van der Waals surface area contributed by atoms with Gasteiger partial charge in [0.25, 0.3) is 0 Å². The number of nitriles is 1. The molecule has 1 rings (SSSR count). The molecule has 0 saturated heterocycles. The number of nitrogens with one attached hydrogen (secondary N) is 1. The third-order valence-electron chi connectivity index (χ3n) is 5.97. The van der Waals surface area contributed by atoms with Gasteiger partial charge >= 0.3 is 0 Å². The highest BCUT2D eigenvalue weighted by Crippen LogP contribution is 2.40. The van der Waals surface area contributed by atoms with Gasteiger partial charge in [0, 0.05) is 0 Å². The van der Waals surface area contributed by atoms with Gasteiger partial charge in [0.05, 0.1) is 25.7 Å². The van der Waals surface area contributed by atoms with Gasteiger partial charge in [-0.05, 0) is 56.0 Å². The summed E-state index contributed by atoms with van der Waals surface area (Å²) in [6.07, 6.45) is 11.2. The van der Waals surface area contributed by atoms with Crippen molar-refractivity contribution in [3.63, 3.8) is 0 Å². The second kappa shape index (κ2) is 14.3. The molecule has 0 fully saturated rings. The Morgan fingerprint density at radius 2 is 1.55 bits per heavy atom. The van der Waals surface area contributed by atoms with E-state index in [0.29, 0.717) is 11.5 Å². The molecule has 29 heavy (non-hydrogen) atoms. The van der Waals surface area contributed by atoms with Gasteiger partial charge in [0.1, 0.15) is 0 Å². The van der Waals surface area contributed by atoms with Crippen LogP contribution in [0.2, 0.25) is 0 Å². The van der Waals surface area contributed by atoms with Crippen LogP contribution in [0.15, 0.2) is 18.2 Å². The Kier molecular flexibility index (Phi) is 12.5. The van der Waals surface area contributed by atoms with Gasteiger partial charge in [-0.25, -0.2) is 0 Å². The van der Waals surface area contributed by atoms with E-state index < -0.39 is 5.41 Å². The summed E-state index contributed by atoms with van der Waals surface area (Å²) in [5.41, 5.74) is 0.500. The van der Waals surface area contributed by atoms with Crippen LogP contribution in [-0.2, 0) is 5.41 Å². The second-order valence-electron chi connectivity index (χ2n) is 8.28. The summed E-state index contributed by atoms with van der Waals surface area (Å²) < 4.78 is 10.8. The second-order valence-corrected chi connectivity index (χ2v) is 8.28. The summed E-state index contributed by atoms with van der Waals surface area (Å²) in [6.45, 7) is 8.55. The van der Waals surface area contributed by atoms with E-state index in [0.717, 1.165) is 31.5 Å². The van der Waals surface area contributed by atoms with Crippen LogP contribution in [0.5, 0.6) is 11.5 Å². The normalized spacial score (nSPS) is 13.1. The fourth-order valence-corrected chi connectivity index (χ4v) is 3.95. The third kappa shape index (κ3) is 7.90. The van der Waals surface area contributed by atoms with Gasteiger partial charge in [-0.2, -0.15) is 5.26 Å². The highest BCUT2D eigenvalue weighted by Gasteiger charge is 2.36. The standard InChI is InChI=1S/C25H42N2O2/c1-6-7-8-9-10-11-12-17-27-18-13-16-25(20-26,21(2)3)22-14-15-23(28-4)24(19-22)29-5/h14-15,19,21,27H,6-13,16-18H2,1-5H3. The maximum atomic E-state index is 10.1. The third-order valence-corrected chi connectivity index (χ3v) is 5.97. The molecule has 0 bridgehead atoms. The van der Waals surface area contributed by atoms with Crippen LogP contribution >= 0.6 is 0 Å². The maximum Gasteiger partial charge on any atom is 0.161 e. The van der Waals surface area contributed by atoms with Gasteiger partial charge < -0.3 is 14.8 Å². The lowest BCUT2D eigenvalue weighted by molar-refractivity contribution is 0.341. The van der Waals surface area contributed by atoms with E-state index in [9.17, 15) is 5.26 Å². The SMILES string of the molecule is CCCCCCCCCNCCCC(C#N)(c1ccc(OC)c(OC)c1)C(C)C. The predicted molar refractivity (Wildman–Crippen MR) is 122 cm³/mol. The lowest BCUT2D eigenvalue weighted by Crippen LogP contribution is -2.32. The highest BCUT2D eigenvalue weighted by atomic mass is 16.5.